The predicted molar refractivity (Wildman–Crippen MR) is 143 cm³/mol. The van der Waals surface area contributed by atoms with Gasteiger partial charge in [-0.2, -0.15) is 0 Å². The number of H-pyrrole nitrogens is 1. The molecule has 1 aliphatic rings. The second-order valence-corrected chi connectivity index (χ2v) is 11.3. The number of hydrogen-bond donors (Lipinski definition) is 4. The number of methoxy groups -OCH3 is 1. The summed E-state index contributed by atoms with van der Waals surface area (Å²) >= 11 is 6.29. The first-order valence-corrected chi connectivity index (χ1v) is 14.1. The summed E-state index contributed by atoms with van der Waals surface area (Å²) in [5.74, 6) is 0.252. The minimum absolute atomic E-state index is 0.0603. The Bertz CT molecular complexity index is 1430. The van der Waals surface area contributed by atoms with E-state index < -0.39 is 21.9 Å². The smallest absolute Gasteiger partial charge is 0.407 e. The summed E-state index contributed by atoms with van der Waals surface area (Å²) in [5.41, 5.74) is 0.938. The highest BCUT2D eigenvalue weighted by molar-refractivity contribution is 7.92. The Morgan fingerprint density at radius 3 is 2.76 bits per heavy atom. The van der Waals surface area contributed by atoms with E-state index in [1.54, 1.807) is 19.9 Å². The van der Waals surface area contributed by atoms with Gasteiger partial charge in [0.15, 0.2) is 5.82 Å². The van der Waals surface area contributed by atoms with Crippen molar-refractivity contribution in [2.24, 2.45) is 0 Å². The molecule has 3 aromatic rings. The number of hydrogen-bond acceptors (Lipinski definition) is 8. The van der Waals surface area contributed by atoms with Crippen LogP contribution in [-0.4, -0.2) is 59.9 Å². The van der Waals surface area contributed by atoms with E-state index in [4.69, 9.17) is 16.6 Å². The maximum atomic E-state index is 15.7. The number of ether oxygens (including phenoxy) is 1. The summed E-state index contributed by atoms with van der Waals surface area (Å²) in [6, 6.07) is 4.03. The molecule has 1 aromatic carbocycles. The standard InChI is InChI=1S/C24H29ClFN7O4S/c1-4-9-38(35,36)33-18-11-15(25)10-16(19(18)26)20-21(32-22(31-20)14-5-6-14)17-7-8-27-23(30-17)28-12-13(2)29-24(34)37-3/h7-8,10-11,13-14,33H,4-6,9,12H2,1-3H3,(H,29,34)(H,31,32)(H,27,28,30)/t13-/m0/s1. The highest BCUT2D eigenvalue weighted by Gasteiger charge is 2.30. The number of halogens is 2. The topological polar surface area (TPSA) is 151 Å². The largest absolute Gasteiger partial charge is 0.453 e. The van der Waals surface area contributed by atoms with Crippen molar-refractivity contribution in [2.75, 3.05) is 29.4 Å². The van der Waals surface area contributed by atoms with Crippen molar-refractivity contribution in [3.05, 3.63) is 41.1 Å². The summed E-state index contributed by atoms with van der Waals surface area (Å²) in [5, 5.41) is 5.84. The van der Waals surface area contributed by atoms with Crippen molar-refractivity contribution < 1.29 is 22.3 Å². The van der Waals surface area contributed by atoms with E-state index in [0.29, 0.717) is 35.9 Å². The monoisotopic (exact) mass is 565 g/mol. The van der Waals surface area contributed by atoms with Gasteiger partial charge in [-0.05, 0) is 44.4 Å². The normalized spacial score (nSPS) is 14.1. The van der Waals surface area contributed by atoms with Crippen LogP contribution in [0.3, 0.4) is 0 Å². The number of carbonyl (C=O) groups is 1. The van der Waals surface area contributed by atoms with Gasteiger partial charge in [0.1, 0.15) is 11.5 Å². The van der Waals surface area contributed by atoms with Gasteiger partial charge in [0.05, 0.1) is 29.9 Å². The van der Waals surface area contributed by atoms with Crippen molar-refractivity contribution in [3.63, 3.8) is 0 Å². The number of sulfonamides is 1. The molecule has 2 heterocycles. The lowest BCUT2D eigenvalue weighted by Crippen LogP contribution is -2.37. The molecule has 0 spiro atoms. The zero-order valence-electron chi connectivity index (χ0n) is 21.1. The molecule has 0 radical (unpaired) electrons. The van der Waals surface area contributed by atoms with Crippen molar-refractivity contribution >= 4 is 39.4 Å². The number of alkyl carbamates (subject to hydrolysis) is 1. The first-order valence-electron chi connectivity index (χ1n) is 12.1. The number of nitrogens with zero attached hydrogens (tertiary/aromatic N) is 3. The maximum absolute atomic E-state index is 15.7. The molecular formula is C24H29ClFN7O4S. The molecule has 38 heavy (non-hydrogen) atoms. The third-order valence-corrected chi connectivity index (χ3v) is 7.44. The zero-order chi connectivity index (χ0) is 27.4. The van der Waals surface area contributed by atoms with Crippen molar-refractivity contribution in [2.45, 2.75) is 45.1 Å². The summed E-state index contributed by atoms with van der Waals surface area (Å²) in [6.45, 7) is 3.83. The lowest BCUT2D eigenvalue weighted by molar-refractivity contribution is 0.168. The molecule has 4 N–H and O–H groups in total. The SMILES string of the molecule is CCCS(=O)(=O)Nc1cc(Cl)cc(-c2[nH]c(C3CC3)nc2-c2ccnc(NC[C@H](C)NC(=O)OC)n2)c1F. The third kappa shape index (κ3) is 6.70. The molecule has 204 valence electrons. The number of carbonyl (C=O) groups excluding carboxylic acids is 1. The van der Waals surface area contributed by atoms with Gasteiger partial charge in [0.2, 0.25) is 16.0 Å². The van der Waals surface area contributed by atoms with Crippen molar-refractivity contribution in [3.8, 4) is 22.6 Å². The molecule has 1 fully saturated rings. The van der Waals surface area contributed by atoms with Crippen LogP contribution in [0.4, 0.5) is 20.8 Å². The number of anilines is 2. The number of aromatic amines is 1. The van der Waals surface area contributed by atoms with Crippen LogP contribution in [0.5, 0.6) is 0 Å². The van der Waals surface area contributed by atoms with Gasteiger partial charge < -0.3 is 20.4 Å². The van der Waals surface area contributed by atoms with Gasteiger partial charge in [-0.15, -0.1) is 0 Å². The maximum Gasteiger partial charge on any atom is 0.407 e. The molecule has 1 saturated carbocycles. The number of benzene rings is 1. The van der Waals surface area contributed by atoms with Crippen LogP contribution in [0.15, 0.2) is 24.4 Å². The average molecular weight is 566 g/mol. The fraction of sp³-hybridized carbons (Fsp3) is 0.417. The molecular weight excluding hydrogens is 537 g/mol. The quantitative estimate of drug-likeness (QED) is 0.265. The lowest BCUT2D eigenvalue weighted by atomic mass is 10.1. The Morgan fingerprint density at radius 2 is 2.08 bits per heavy atom. The number of nitrogens with one attached hydrogen (secondary N) is 4. The van der Waals surface area contributed by atoms with Gasteiger partial charge in [-0.25, -0.2) is 32.6 Å². The van der Waals surface area contributed by atoms with E-state index >= 15 is 4.39 Å². The minimum Gasteiger partial charge on any atom is -0.453 e. The molecule has 0 unspecified atom stereocenters. The molecule has 0 bridgehead atoms. The third-order valence-electron chi connectivity index (χ3n) is 5.75. The van der Waals surface area contributed by atoms with Crippen LogP contribution in [-0.2, 0) is 14.8 Å². The van der Waals surface area contributed by atoms with E-state index in [9.17, 15) is 13.2 Å². The van der Waals surface area contributed by atoms with Crippen LogP contribution >= 0.6 is 11.6 Å². The highest BCUT2D eigenvalue weighted by Crippen LogP contribution is 2.43. The summed E-state index contributed by atoms with van der Waals surface area (Å²) < 4.78 is 47.3. The summed E-state index contributed by atoms with van der Waals surface area (Å²) in [7, 11) is -2.47. The van der Waals surface area contributed by atoms with Gasteiger partial charge >= 0.3 is 6.09 Å². The average Bonchev–Trinajstić information content (AvgIpc) is 3.63. The Labute approximate surface area is 225 Å². The predicted octanol–water partition coefficient (Wildman–Crippen LogP) is 4.51. The Balaban J connectivity index is 1.69. The van der Waals surface area contributed by atoms with Gasteiger partial charge in [0, 0.05) is 35.3 Å². The fourth-order valence-corrected chi connectivity index (χ4v) is 5.13. The molecule has 0 saturated heterocycles. The molecule has 4 rings (SSSR count). The first-order chi connectivity index (χ1) is 18.1. The minimum atomic E-state index is -3.75. The van der Waals surface area contributed by atoms with Crippen molar-refractivity contribution in [1.82, 2.24) is 25.3 Å². The van der Waals surface area contributed by atoms with Gasteiger partial charge in [0.25, 0.3) is 0 Å². The van der Waals surface area contributed by atoms with Crippen molar-refractivity contribution in [1.29, 1.82) is 0 Å². The molecule has 1 atom stereocenters. The molecule has 14 heteroatoms. The van der Waals surface area contributed by atoms with Gasteiger partial charge in [-0.1, -0.05) is 18.5 Å². The van der Waals surface area contributed by atoms with Crippen LogP contribution in [0.25, 0.3) is 22.6 Å². The fourth-order valence-electron chi connectivity index (χ4n) is 3.79. The van der Waals surface area contributed by atoms with E-state index in [1.165, 1.54) is 25.4 Å². The van der Waals surface area contributed by atoms with E-state index in [0.717, 1.165) is 12.8 Å². The van der Waals surface area contributed by atoms with Crippen LogP contribution in [0.1, 0.15) is 44.9 Å². The second kappa shape index (κ2) is 11.5. The lowest BCUT2D eigenvalue weighted by Gasteiger charge is -2.14. The van der Waals surface area contributed by atoms with E-state index in [2.05, 4.69) is 35.0 Å². The molecule has 0 aliphatic heterocycles. The van der Waals surface area contributed by atoms with E-state index in [1.807, 2.05) is 0 Å². The molecule has 11 nitrogen and oxygen atoms in total. The highest BCUT2D eigenvalue weighted by atomic mass is 35.5. The van der Waals surface area contributed by atoms with Crippen LogP contribution in [0, 0.1) is 5.82 Å². The molecule has 1 amide bonds. The summed E-state index contributed by atoms with van der Waals surface area (Å²) in [4.78, 5) is 28.1. The zero-order valence-corrected chi connectivity index (χ0v) is 22.7. The number of imidazole rings is 1. The molecule has 1 aliphatic carbocycles. The van der Waals surface area contributed by atoms with E-state index in [-0.39, 0.29) is 39.9 Å². The molecule has 2 aromatic heterocycles. The Hall–Kier alpha value is -3.45. The Kier molecular flexibility index (Phi) is 8.36. The van der Waals surface area contributed by atoms with Crippen LogP contribution in [0.2, 0.25) is 5.02 Å². The number of rotatable bonds is 11. The number of amides is 1. The number of aromatic nitrogens is 4. The second-order valence-electron chi connectivity index (χ2n) is 9.04. The Morgan fingerprint density at radius 1 is 1.32 bits per heavy atom. The first kappa shape index (κ1) is 27.6. The van der Waals surface area contributed by atoms with Crippen LogP contribution < -0.4 is 15.4 Å². The van der Waals surface area contributed by atoms with Gasteiger partial charge in [-0.3, -0.25) is 4.72 Å². The summed E-state index contributed by atoms with van der Waals surface area (Å²) in [6.07, 6.45) is 3.27.